The Hall–Kier alpha value is -1.43. The number of hydrogen-bond acceptors (Lipinski definition) is 2. The molecular formula is C12H10ClNO. The van der Waals surface area contributed by atoms with Gasteiger partial charge in [-0.3, -0.25) is 0 Å². The van der Waals surface area contributed by atoms with E-state index >= 15 is 0 Å². The molecule has 0 fully saturated rings. The fourth-order valence-electron chi connectivity index (χ4n) is 1.30. The highest BCUT2D eigenvalue weighted by Crippen LogP contribution is 2.22. The fourth-order valence-corrected chi connectivity index (χ4v) is 1.48. The minimum atomic E-state index is 0.651. The van der Waals surface area contributed by atoms with Crippen LogP contribution in [0.25, 0.3) is 11.0 Å². The molecule has 0 saturated carbocycles. The number of benzene rings is 1. The lowest BCUT2D eigenvalue weighted by Gasteiger charge is -1.87. The van der Waals surface area contributed by atoms with Crippen molar-refractivity contribution in [2.75, 3.05) is 13.6 Å². The van der Waals surface area contributed by atoms with Crippen LogP contribution in [0.15, 0.2) is 28.7 Å². The van der Waals surface area contributed by atoms with Crippen molar-refractivity contribution in [3.05, 3.63) is 35.0 Å². The molecule has 0 amide bonds. The second kappa shape index (κ2) is 4.39. The van der Waals surface area contributed by atoms with Crippen LogP contribution in [0.3, 0.4) is 0 Å². The zero-order valence-corrected chi connectivity index (χ0v) is 9.06. The summed E-state index contributed by atoms with van der Waals surface area (Å²) in [5.41, 5.74) is 0.813. The van der Waals surface area contributed by atoms with E-state index in [0.29, 0.717) is 17.3 Å². The monoisotopic (exact) mass is 219 g/mol. The molecule has 0 aliphatic carbocycles. The van der Waals surface area contributed by atoms with E-state index in [1.807, 2.05) is 25.2 Å². The summed E-state index contributed by atoms with van der Waals surface area (Å²) >= 11 is 5.87. The van der Waals surface area contributed by atoms with Gasteiger partial charge in [-0.25, -0.2) is 0 Å². The van der Waals surface area contributed by atoms with E-state index in [9.17, 15) is 0 Å². The minimum absolute atomic E-state index is 0.651. The number of hydrogen-bond donors (Lipinski definition) is 1. The highest BCUT2D eigenvalue weighted by Gasteiger charge is 2.01. The molecule has 2 rings (SSSR count). The summed E-state index contributed by atoms with van der Waals surface area (Å²) in [6.07, 6.45) is 0. The van der Waals surface area contributed by atoms with Gasteiger partial charge in [-0.1, -0.05) is 17.5 Å². The summed E-state index contributed by atoms with van der Waals surface area (Å²) in [4.78, 5) is 0. The molecule has 76 valence electrons. The Morgan fingerprint density at radius 2 is 2.27 bits per heavy atom. The van der Waals surface area contributed by atoms with Crippen molar-refractivity contribution in [2.45, 2.75) is 0 Å². The predicted octanol–water partition coefficient (Wildman–Crippen LogP) is 2.66. The molecule has 0 aliphatic heterocycles. The lowest BCUT2D eigenvalue weighted by molar-refractivity contribution is 0.601. The molecule has 1 heterocycles. The Bertz CT molecular complexity index is 533. The SMILES string of the molecule is CNCC#Cc1cc2cc(Cl)ccc2o1. The van der Waals surface area contributed by atoms with E-state index < -0.39 is 0 Å². The first-order valence-electron chi connectivity index (χ1n) is 4.62. The molecule has 15 heavy (non-hydrogen) atoms. The largest absolute Gasteiger partial charge is 0.448 e. The Labute approximate surface area is 93.2 Å². The maximum Gasteiger partial charge on any atom is 0.178 e. The van der Waals surface area contributed by atoms with E-state index in [0.717, 1.165) is 11.0 Å². The highest BCUT2D eigenvalue weighted by atomic mass is 35.5. The molecule has 0 spiro atoms. The van der Waals surface area contributed by atoms with E-state index in [1.165, 1.54) is 0 Å². The summed E-state index contributed by atoms with van der Waals surface area (Å²) < 4.78 is 5.51. The van der Waals surface area contributed by atoms with Gasteiger partial charge in [0.25, 0.3) is 0 Å². The number of halogens is 1. The Balaban J connectivity index is 2.36. The summed E-state index contributed by atoms with van der Waals surface area (Å²) in [7, 11) is 1.85. The van der Waals surface area contributed by atoms with Crippen molar-refractivity contribution in [1.82, 2.24) is 5.32 Å². The van der Waals surface area contributed by atoms with Crippen LogP contribution in [0.4, 0.5) is 0 Å². The molecule has 0 atom stereocenters. The van der Waals surface area contributed by atoms with Crippen LogP contribution in [-0.2, 0) is 0 Å². The van der Waals surface area contributed by atoms with Crippen LogP contribution in [-0.4, -0.2) is 13.6 Å². The molecule has 1 aromatic carbocycles. The average molecular weight is 220 g/mol. The molecule has 0 aliphatic rings. The van der Waals surface area contributed by atoms with Crippen LogP contribution in [0.5, 0.6) is 0 Å². The Kier molecular flexibility index (Phi) is 2.96. The van der Waals surface area contributed by atoms with Crippen molar-refractivity contribution in [3.63, 3.8) is 0 Å². The molecule has 1 N–H and O–H groups in total. The third-order valence-corrected chi connectivity index (χ3v) is 2.19. The molecule has 2 nitrogen and oxygen atoms in total. The summed E-state index contributed by atoms with van der Waals surface area (Å²) in [5, 5.41) is 4.63. The van der Waals surface area contributed by atoms with Gasteiger partial charge in [-0.15, -0.1) is 0 Å². The van der Waals surface area contributed by atoms with Gasteiger partial charge in [0, 0.05) is 16.5 Å². The second-order valence-electron chi connectivity index (χ2n) is 3.12. The van der Waals surface area contributed by atoms with Crippen molar-refractivity contribution in [1.29, 1.82) is 0 Å². The molecule has 0 unspecified atom stereocenters. The standard InChI is InChI=1S/C12H10ClNO/c1-14-6-2-3-11-8-9-7-10(13)4-5-12(9)15-11/h4-5,7-8,14H,6H2,1H3. The lowest BCUT2D eigenvalue weighted by Crippen LogP contribution is -2.04. The number of nitrogens with one attached hydrogen (secondary N) is 1. The normalized spacial score (nSPS) is 10.0. The van der Waals surface area contributed by atoms with Crippen molar-refractivity contribution in [3.8, 4) is 11.8 Å². The van der Waals surface area contributed by atoms with Crippen LogP contribution < -0.4 is 5.32 Å². The fraction of sp³-hybridized carbons (Fsp3) is 0.167. The molecule has 2 aromatic rings. The maximum absolute atomic E-state index is 5.87. The summed E-state index contributed by atoms with van der Waals surface area (Å²) in [6.45, 7) is 0.651. The van der Waals surface area contributed by atoms with Crippen molar-refractivity contribution in [2.24, 2.45) is 0 Å². The molecule has 0 saturated heterocycles. The van der Waals surface area contributed by atoms with Gasteiger partial charge in [-0.05, 0) is 31.2 Å². The van der Waals surface area contributed by atoms with E-state index in [-0.39, 0.29) is 0 Å². The zero-order chi connectivity index (χ0) is 10.7. The van der Waals surface area contributed by atoms with E-state index in [2.05, 4.69) is 17.2 Å². The van der Waals surface area contributed by atoms with Crippen molar-refractivity contribution < 1.29 is 4.42 Å². The van der Waals surface area contributed by atoms with Gasteiger partial charge in [-0.2, -0.15) is 0 Å². The second-order valence-corrected chi connectivity index (χ2v) is 3.56. The third kappa shape index (κ3) is 2.33. The van der Waals surface area contributed by atoms with E-state index in [1.54, 1.807) is 6.07 Å². The summed E-state index contributed by atoms with van der Waals surface area (Å²) in [5.74, 6) is 6.54. The van der Waals surface area contributed by atoms with Gasteiger partial charge in [0.2, 0.25) is 0 Å². The topological polar surface area (TPSA) is 25.2 Å². The molecule has 3 heteroatoms. The molecule has 1 aromatic heterocycles. The zero-order valence-electron chi connectivity index (χ0n) is 8.30. The van der Waals surface area contributed by atoms with Crippen LogP contribution in [0, 0.1) is 11.8 Å². The van der Waals surface area contributed by atoms with Crippen LogP contribution in [0.2, 0.25) is 5.02 Å². The third-order valence-electron chi connectivity index (χ3n) is 1.96. The van der Waals surface area contributed by atoms with Gasteiger partial charge >= 0.3 is 0 Å². The Morgan fingerprint density at radius 3 is 3.07 bits per heavy atom. The number of rotatable bonds is 1. The van der Waals surface area contributed by atoms with E-state index in [4.69, 9.17) is 16.0 Å². The first kappa shape index (κ1) is 10.1. The van der Waals surface area contributed by atoms with Gasteiger partial charge in [0.1, 0.15) is 5.58 Å². The molecule has 0 bridgehead atoms. The highest BCUT2D eigenvalue weighted by molar-refractivity contribution is 6.31. The number of furan rings is 1. The predicted molar refractivity (Wildman–Crippen MR) is 62.0 cm³/mol. The van der Waals surface area contributed by atoms with Crippen LogP contribution in [0.1, 0.15) is 5.76 Å². The van der Waals surface area contributed by atoms with Gasteiger partial charge < -0.3 is 9.73 Å². The Morgan fingerprint density at radius 1 is 1.40 bits per heavy atom. The lowest BCUT2D eigenvalue weighted by atomic mass is 10.2. The summed E-state index contributed by atoms with van der Waals surface area (Å²) in [6, 6.07) is 7.41. The maximum atomic E-state index is 5.87. The molecule has 0 radical (unpaired) electrons. The van der Waals surface area contributed by atoms with Crippen molar-refractivity contribution >= 4 is 22.6 Å². The smallest absolute Gasteiger partial charge is 0.178 e. The minimum Gasteiger partial charge on any atom is -0.448 e. The number of fused-ring (bicyclic) bond motifs is 1. The first-order chi connectivity index (χ1) is 7.29. The molecular weight excluding hydrogens is 210 g/mol. The van der Waals surface area contributed by atoms with Gasteiger partial charge in [0.05, 0.1) is 6.54 Å². The first-order valence-corrected chi connectivity index (χ1v) is 5.00. The van der Waals surface area contributed by atoms with Gasteiger partial charge in [0.15, 0.2) is 5.76 Å². The average Bonchev–Trinajstić information content (AvgIpc) is 2.60. The van der Waals surface area contributed by atoms with Crippen LogP contribution >= 0.6 is 11.6 Å². The quantitative estimate of drug-likeness (QED) is 0.746.